The molecule has 2 aromatic carbocycles. The monoisotopic (exact) mass is 550 g/mol. The van der Waals surface area contributed by atoms with Gasteiger partial charge in [-0.15, -0.1) is 0 Å². The predicted octanol–water partition coefficient (Wildman–Crippen LogP) is 4.29. The number of amides is 3. The number of amidine groups is 1. The average Bonchev–Trinajstić information content (AvgIpc) is 3.68. The normalized spacial score (nSPS) is 22.7. The third kappa shape index (κ3) is 6.28. The van der Waals surface area contributed by atoms with Crippen LogP contribution in [0.5, 0.6) is 5.75 Å². The van der Waals surface area contributed by atoms with Gasteiger partial charge in [0.1, 0.15) is 11.0 Å². The largest absolute Gasteiger partial charge is 0.508 e. The molecule has 39 heavy (non-hydrogen) atoms. The fourth-order valence-corrected chi connectivity index (χ4v) is 6.75. The smallest absolute Gasteiger partial charge is 0.243 e. The number of nitrogens with one attached hydrogen (secondary N) is 1. The molecular formula is C29H34N4O5S. The van der Waals surface area contributed by atoms with Crippen LogP contribution in [0.3, 0.4) is 0 Å². The van der Waals surface area contributed by atoms with Crippen molar-refractivity contribution >= 4 is 46.0 Å². The quantitative estimate of drug-likeness (QED) is 0.475. The van der Waals surface area contributed by atoms with Crippen LogP contribution in [0.4, 0.5) is 11.4 Å². The number of ether oxygens (including phenoxy) is 1. The molecule has 0 radical (unpaired) electrons. The first-order valence-corrected chi connectivity index (χ1v) is 14.3. The highest BCUT2D eigenvalue weighted by molar-refractivity contribution is 8.15. The molecule has 2 unspecified atom stereocenters. The fraction of sp³-hybridized carbons (Fsp3) is 0.448. The predicted molar refractivity (Wildman–Crippen MR) is 151 cm³/mol. The summed E-state index contributed by atoms with van der Waals surface area (Å²) in [6.07, 6.45) is 4.74. The van der Waals surface area contributed by atoms with Crippen LogP contribution in [0.1, 0.15) is 44.1 Å². The van der Waals surface area contributed by atoms with Crippen molar-refractivity contribution in [3.63, 3.8) is 0 Å². The maximum absolute atomic E-state index is 13.8. The van der Waals surface area contributed by atoms with Gasteiger partial charge < -0.3 is 20.1 Å². The first-order chi connectivity index (χ1) is 18.9. The van der Waals surface area contributed by atoms with Gasteiger partial charge >= 0.3 is 0 Å². The van der Waals surface area contributed by atoms with E-state index in [4.69, 9.17) is 9.73 Å². The van der Waals surface area contributed by atoms with E-state index in [2.05, 4.69) is 5.32 Å². The third-order valence-electron chi connectivity index (χ3n) is 7.54. The first-order valence-electron chi connectivity index (χ1n) is 13.5. The van der Waals surface area contributed by atoms with Crippen LogP contribution >= 0.6 is 11.8 Å². The summed E-state index contributed by atoms with van der Waals surface area (Å²) in [4.78, 5) is 48.2. The van der Waals surface area contributed by atoms with E-state index in [0.29, 0.717) is 42.7 Å². The highest BCUT2D eigenvalue weighted by Gasteiger charge is 2.45. The molecule has 10 heteroatoms. The van der Waals surface area contributed by atoms with E-state index in [9.17, 15) is 19.5 Å². The minimum Gasteiger partial charge on any atom is -0.508 e. The summed E-state index contributed by atoms with van der Waals surface area (Å²) in [5.41, 5.74) is 2.16. The zero-order chi connectivity index (χ0) is 27.4. The summed E-state index contributed by atoms with van der Waals surface area (Å²) in [6.45, 7) is 1.48. The number of aromatic hydroxyl groups is 1. The number of anilines is 1. The number of phenols is 1. The topological polar surface area (TPSA) is 112 Å². The van der Waals surface area contributed by atoms with Crippen molar-refractivity contribution in [1.29, 1.82) is 0 Å². The SMILES string of the molecule is COCc1ccccc1N=C1SC(CC(=O)Nc2ccc(O)cc2)C(=O)N1C1CCN(C(=O)C2CCCC2)C1. The summed E-state index contributed by atoms with van der Waals surface area (Å²) in [6, 6.07) is 13.7. The number of nitrogens with zero attached hydrogens (tertiary/aromatic N) is 3. The lowest BCUT2D eigenvalue weighted by Gasteiger charge is -2.25. The number of para-hydroxylation sites is 1. The Hall–Kier alpha value is -3.37. The van der Waals surface area contributed by atoms with Gasteiger partial charge in [0, 0.05) is 43.8 Å². The summed E-state index contributed by atoms with van der Waals surface area (Å²) in [5.74, 6) is -0.0568. The van der Waals surface area contributed by atoms with E-state index in [-0.39, 0.29) is 41.9 Å². The van der Waals surface area contributed by atoms with Crippen molar-refractivity contribution in [1.82, 2.24) is 9.80 Å². The number of methoxy groups -OCH3 is 1. The van der Waals surface area contributed by atoms with Gasteiger partial charge in [-0.3, -0.25) is 19.3 Å². The van der Waals surface area contributed by atoms with E-state index in [1.54, 1.807) is 24.1 Å². The molecule has 2 atom stereocenters. The molecule has 1 saturated carbocycles. The lowest BCUT2D eigenvalue weighted by atomic mass is 10.1. The van der Waals surface area contributed by atoms with Gasteiger partial charge in [0.15, 0.2) is 5.17 Å². The number of rotatable bonds is 8. The van der Waals surface area contributed by atoms with Gasteiger partial charge in [-0.1, -0.05) is 42.8 Å². The number of carbonyl (C=O) groups is 3. The van der Waals surface area contributed by atoms with Crippen LogP contribution < -0.4 is 5.32 Å². The lowest BCUT2D eigenvalue weighted by molar-refractivity contribution is -0.135. The molecule has 1 aliphatic carbocycles. The van der Waals surface area contributed by atoms with Crippen molar-refractivity contribution in [3.05, 3.63) is 54.1 Å². The van der Waals surface area contributed by atoms with Crippen LogP contribution in [0.25, 0.3) is 0 Å². The Bertz CT molecular complexity index is 1240. The number of phenolic OH excluding ortho intramolecular Hbond substituents is 1. The third-order valence-corrected chi connectivity index (χ3v) is 8.69. The molecule has 206 valence electrons. The molecule has 2 heterocycles. The number of hydrogen-bond acceptors (Lipinski definition) is 7. The van der Waals surface area contributed by atoms with Crippen LogP contribution in [0, 0.1) is 5.92 Å². The Morgan fingerprint density at radius 3 is 2.59 bits per heavy atom. The van der Waals surface area contributed by atoms with Gasteiger partial charge in [-0.25, -0.2) is 4.99 Å². The molecule has 3 amide bonds. The highest BCUT2D eigenvalue weighted by Crippen LogP contribution is 2.37. The fourth-order valence-electron chi connectivity index (χ4n) is 5.54. The molecule has 0 bridgehead atoms. The number of likely N-dealkylation sites (tertiary alicyclic amines) is 1. The number of aliphatic imine (C=N–C) groups is 1. The van der Waals surface area contributed by atoms with E-state index in [0.717, 1.165) is 31.2 Å². The van der Waals surface area contributed by atoms with Crippen molar-refractivity contribution in [3.8, 4) is 5.75 Å². The van der Waals surface area contributed by atoms with Gasteiger partial charge in [0.2, 0.25) is 17.7 Å². The van der Waals surface area contributed by atoms with Gasteiger partial charge in [0.05, 0.1) is 18.3 Å². The van der Waals surface area contributed by atoms with Gasteiger partial charge in [0.25, 0.3) is 0 Å². The molecule has 0 aromatic heterocycles. The second-order valence-corrected chi connectivity index (χ2v) is 11.4. The molecule has 0 spiro atoms. The van der Waals surface area contributed by atoms with Crippen molar-refractivity contribution in [2.24, 2.45) is 10.9 Å². The van der Waals surface area contributed by atoms with Crippen molar-refractivity contribution in [2.45, 2.75) is 56.4 Å². The van der Waals surface area contributed by atoms with Crippen molar-refractivity contribution < 1.29 is 24.2 Å². The highest BCUT2D eigenvalue weighted by atomic mass is 32.2. The summed E-state index contributed by atoms with van der Waals surface area (Å²) in [5, 5.41) is 12.2. The van der Waals surface area contributed by atoms with E-state index >= 15 is 0 Å². The summed E-state index contributed by atoms with van der Waals surface area (Å²) >= 11 is 1.29. The number of hydrogen-bond donors (Lipinski definition) is 2. The Kier molecular flexibility index (Phi) is 8.52. The van der Waals surface area contributed by atoms with Gasteiger partial charge in [-0.05, 0) is 49.6 Å². The molecule has 9 nitrogen and oxygen atoms in total. The second-order valence-electron chi connectivity index (χ2n) is 10.3. The molecule has 2 aromatic rings. The minimum absolute atomic E-state index is 0.0168. The van der Waals surface area contributed by atoms with E-state index in [1.165, 1.54) is 23.9 Å². The Morgan fingerprint density at radius 1 is 1.10 bits per heavy atom. The van der Waals surface area contributed by atoms with Crippen LogP contribution in [0.15, 0.2) is 53.5 Å². The first kappa shape index (κ1) is 27.2. The maximum atomic E-state index is 13.8. The number of thioether (sulfide) groups is 1. The molecule has 2 saturated heterocycles. The van der Waals surface area contributed by atoms with Crippen molar-refractivity contribution in [2.75, 3.05) is 25.5 Å². The van der Waals surface area contributed by atoms with Crippen LogP contribution in [-0.2, 0) is 25.7 Å². The number of benzene rings is 2. The molecule has 3 fully saturated rings. The van der Waals surface area contributed by atoms with E-state index in [1.807, 2.05) is 29.2 Å². The molecule has 3 aliphatic rings. The Morgan fingerprint density at radius 2 is 1.85 bits per heavy atom. The maximum Gasteiger partial charge on any atom is 0.243 e. The molecular weight excluding hydrogens is 516 g/mol. The Labute approximate surface area is 232 Å². The van der Waals surface area contributed by atoms with E-state index < -0.39 is 5.25 Å². The summed E-state index contributed by atoms with van der Waals surface area (Å²) in [7, 11) is 1.63. The zero-order valence-corrected chi connectivity index (χ0v) is 22.9. The molecule has 5 rings (SSSR count). The molecule has 2 aliphatic heterocycles. The minimum atomic E-state index is -0.630. The summed E-state index contributed by atoms with van der Waals surface area (Å²) < 4.78 is 5.34. The zero-order valence-electron chi connectivity index (χ0n) is 22.0. The second kappa shape index (κ2) is 12.2. The lowest BCUT2D eigenvalue weighted by Crippen LogP contribution is -2.44. The Balaban J connectivity index is 1.36. The number of carbonyl (C=O) groups excluding carboxylic acids is 3. The standard InChI is InChI=1S/C29H34N4O5S/c1-38-18-20-8-4-5-9-24(20)31-29-33(22-14-15-32(17-22)27(36)19-6-2-3-7-19)28(37)25(39-29)16-26(35)30-21-10-12-23(34)13-11-21/h4-5,8-13,19,22,25,34H,2-3,6-7,14-18H2,1H3,(H,30,35). The van der Waals surface area contributed by atoms with Crippen LogP contribution in [-0.4, -0.2) is 69.3 Å². The van der Waals surface area contributed by atoms with Gasteiger partial charge in [-0.2, -0.15) is 0 Å². The van der Waals surface area contributed by atoms with Crippen LogP contribution in [0.2, 0.25) is 0 Å². The molecule has 2 N–H and O–H groups in total. The average molecular weight is 551 g/mol.